The molecule has 4 aromatic rings. The molecule has 0 aliphatic carbocycles. The number of pyridine rings is 2. The fraction of sp³-hybridized carbons (Fsp3) is 0.115. The van der Waals surface area contributed by atoms with Crippen molar-refractivity contribution in [2.75, 3.05) is 5.32 Å². The number of hydrogen-bond donors (Lipinski definition) is 1. The van der Waals surface area contributed by atoms with Gasteiger partial charge in [-0.15, -0.1) is 0 Å². The van der Waals surface area contributed by atoms with E-state index in [-0.39, 0.29) is 5.91 Å². The van der Waals surface area contributed by atoms with Crippen LogP contribution in [-0.4, -0.2) is 15.9 Å². The average molecular weight is 426 g/mol. The van der Waals surface area contributed by atoms with Crippen LogP contribution in [0.2, 0.25) is 5.02 Å². The largest absolute Gasteiger partial charge is 0.310 e. The van der Waals surface area contributed by atoms with Crippen LogP contribution in [0.1, 0.15) is 16.7 Å². The molecule has 3 heterocycles. The molecule has 1 aliphatic heterocycles. The summed E-state index contributed by atoms with van der Waals surface area (Å²) in [5, 5.41) is 3.74. The van der Waals surface area contributed by atoms with Crippen LogP contribution in [-0.2, 0) is 23.1 Å². The fourth-order valence-electron chi connectivity index (χ4n) is 4.44. The predicted octanol–water partition coefficient (Wildman–Crippen LogP) is 5.47. The number of carbonyl (C=O) groups excluding carboxylic acids is 1. The molecule has 1 N–H and O–H groups in total. The number of nitrogens with zero attached hydrogens (tertiary/aromatic N) is 2. The van der Waals surface area contributed by atoms with E-state index < -0.39 is 5.41 Å². The summed E-state index contributed by atoms with van der Waals surface area (Å²) in [5.41, 5.74) is 4.30. The van der Waals surface area contributed by atoms with Crippen molar-refractivity contribution in [3.8, 4) is 11.1 Å². The van der Waals surface area contributed by atoms with Gasteiger partial charge < -0.3 is 5.32 Å². The zero-order valence-corrected chi connectivity index (χ0v) is 17.5. The average Bonchev–Trinajstić information content (AvgIpc) is 3.07. The standard InChI is InChI=1S/C26H20ClN3O/c27-21-8-6-20(7-9-21)22-12-15-29-24-23(22)26(25(31)30-24,16-18-4-2-1-3-5-18)17-19-10-13-28-14-11-19/h1-15H,16-17H2,(H,29,30,31). The van der Waals surface area contributed by atoms with Crippen molar-refractivity contribution >= 4 is 23.3 Å². The van der Waals surface area contributed by atoms with E-state index in [1.807, 2.05) is 60.7 Å². The van der Waals surface area contributed by atoms with Gasteiger partial charge in [0.25, 0.3) is 0 Å². The molecule has 1 atom stereocenters. The SMILES string of the molecule is O=C1Nc2nccc(-c3ccc(Cl)cc3)c2C1(Cc1ccccc1)Cc1ccncc1. The van der Waals surface area contributed by atoms with Gasteiger partial charge in [0.1, 0.15) is 5.82 Å². The number of nitrogens with one attached hydrogen (secondary N) is 1. The van der Waals surface area contributed by atoms with E-state index in [2.05, 4.69) is 27.4 Å². The number of halogens is 1. The second-order valence-corrected chi connectivity index (χ2v) is 8.26. The summed E-state index contributed by atoms with van der Waals surface area (Å²) >= 11 is 6.13. The molecule has 31 heavy (non-hydrogen) atoms. The second kappa shape index (κ2) is 7.97. The molecule has 0 fully saturated rings. The molecule has 0 bridgehead atoms. The minimum Gasteiger partial charge on any atom is -0.310 e. The first-order valence-electron chi connectivity index (χ1n) is 10.2. The number of amides is 1. The van der Waals surface area contributed by atoms with Crippen LogP contribution in [0.3, 0.4) is 0 Å². The van der Waals surface area contributed by atoms with Crippen LogP contribution in [0.4, 0.5) is 5.82 Å². The normalized spacial score (nSPS) is 17.3. The van der Waals surface area contributed by atoms with E-state index in [0.717, 1.165) is 27.8 Å². The molecular weight excluding hydrogens is 406 g/mol. The molecule has 1 unspecified atom stereocenters. The van der Waals surface area contributed by atoms with Crippen LogP contribution >= 0.6 is 11.6 Å². The Morgan fingerprint density at radius 1 is 0.806 bits per heavy atom. The Morgan fingerprint density at radius 3 is 2.19 bits per heavy atom. The Hall–Kier alpha value is -3.50. The maximum atomic E-state index is 13.6. The van der Waals surface area contributed by atoms with Gasteiger partial charge >= 0.3 is 0 Å². The van der Waals surface area contributed by atoms with Gasteiger partial charge in [-0.1, -0.05) is 54.1 Å². The Morgan fingerprint density at radius 2 is 1.48 bits per heavy atom. The van der Waals surface area contributed by atoms with Gasteiger partial charge in [-0.25, -0.2) is 4.98 Å². The molecule has 0 spiro atoms. The van der Waals surface area contributed by atoms with Gasteiger partial charge in [0, 0.05) is 29.2 Å². The molecular formula is C26H20ClN3O. The zero-order valence-electron chi connectivity index (χ0n) is 16.8. The monoisotopic (exact) mass is 425 g/mol. The minimum absolute atomic E-state index is 0.0305. The molecule has 0 radical (unpaired) electrons. The summed E-state index contributed by atoms with van der Waals surface area (Å²) in [6, 6.07) is 23.8. The topological polar surface area (TPSA) is 54.9 Å². The lowest BCUT2D eigenvalue weighted by Gasteiger charge is -2.29. The molecule has 0 saturated heterocycles. The smallest absolute Gasteiger partial charge is 0.237 e. The van der Waals surface area contributed by atoms with Crippen molar-refractivity contribution in [3.63, 3.8) is 0 Å². The third-order valence-electron chi connectivity index (χ3n) is 5.86. The molecule has 2 aromatic heterocycles. The van der Waals surface area contributed by atoms with Crippen LogP contribution in [0.15, 0.2) is 91.4 Å². The molecule has 5 heteroatoms. The van der Waals surface area contributed by atoms with Crippen molar-refractivity contribution in [1.82, 2.24) is 9.97 Å². The fourth-order valence-corrected chi connectivity index (χ4v) is 4.57. The van der Waals surface area contributed by atoms with Gasteiger partial charge in [0.15, 0.2) is 0 Å². The lowest BCUT2D eigenvalue weighted by atomic mass is 9.70. The Bertz CT molecular complexity index is 1180. The van der Waals surface area contributed by atoms with Gasteiger partial charge in [0.05, 0.1) is 5.41 Å². The third-order valence-corrected chi connectivity index (χ3v) is 6.11. The lowest BCUT2D eigenvalue weighted by molar-refractivity contribution is -0.120. The molecule has 4 nitrogen and oxygen atoms in total. The summed E-state index contributed by atoms with van der Waals surface area (Å²) in [7, 11) is 0. The third kappa shape index (κ3) is 3.60. The van der Waals surface area contributed by atoms with Crippen molar-refractivity contribution in [3.05, 3.63) is 113 Å². The Balaban J connectivity index is 1.72. The number of carbonyl (C=O) groups is 1. The highest BCUT2D eigenvalue weighted by molar-refractivity contribution is 6.30. The highest BCUT2D eigenvalue weighted by Crippen LogP contribution is 2.46. The molecule has 0 saturated carbocycles. The molecule has 1 amide bonds. The van der Waals surface area contributed by atoms with E-state index in [4.69, 9.17) is 11.6 Å². The summed E-state index contributed by atoms with van der Waals surface area (Å²) < 4.78 is 0. The number of fused-ring (bicyclic) bond motifs is 1. The van der Waals surface area contributed by atoms with Crippen LogP contribution in [0, 0.1) is 0 Å². The molecule has 2 aromatic carbocycles. The first-order valence-corrected chi connectivity index (χ1v) is 10.5. The van der Waals surface area contributed by atoms with Gasteiger partial charge in [-0.05, 0) is 65.4 Å². The van der Waals surface area contributed by atoms with E-state index in [1.54, 1.807) is 18.6 Å². The van der Waals surface area contributed by atoms with Crippen molar-refractivity contribution in [2.45, 2.75) is 18.3 Å². The van der Waals surface area contributed by atoms with E-state index in [9.17, 15) is 4.79 Å². The van der Waals surface area contributed by atoms with Crippen LogP contribution in [0.25, 0.3) is 11.1 Å². The number of rotatable bonds is 5. The van der Waals surface area contributed by atoms with Crippen molar-refractivity contribution in [1.29, 1.82) is 0 Å². The number of anilines is 1. The zero-order chi connectivity index (χ0) is 21.3. The van der Waals surface area contributed by atoms with Gasteiger partial charge in [-0.3, -0.25) is 9.78 Å². The van der Waals surface area contributed by atoms with E-state index in [0.29, 0.717) is 23.7 Å². The molecule has 5 rings (SSSR count). The summed E-state index contributed by atoms with van der Waals surface area (Å²) in [6.45, 7) is 0. The van der Waals surface area contributed by atoms with Crippen LogP contribution in [0.5, 0.6) is 0 Å². The maximum Gasteiger partial charge on any atom is 0.237 e. The quantitative estimate of drug-likeness (QED) is 0.461. The van der Waals surface area contributed by atoms with Gasteiger partial charge in [-0.2, -0.15) is 0 Å². The minimum atomic E-state index is -0.790. The number of hydrogen-bond acceptors (Lipinski definition) is 3. The molecule has 1 aliphatic rings. The lowest BCUT2D eigenvalue weighted by Crippen LogP contribution is -2.39. The first kappa shape index (κ1) is 19.5. The first-order chi connectivity index (χ1) is 15.2. The van der Waals surface area contributed by atoms with Gasteiger partial charge in [0.2, 0.25) is 5.91 Å². The number of aromatic nitrogens is 2. The summed E-state index contributed by atoms with van der Waals surface area (Å²) in [5.74, 6) is 0.597. The molecule has 152 valence electrons. The Labute approximate surface area is 186 Å². The second-order valence-electron chi connectivity index (χ2n) is 7.82. The summed E-state index contributed by atoms with van der Waals surface area (Å²) in [6.07, 6.45) is 6.40. The highest BCUT2D eigenvalue weighted by Gasteiger charge is 2.49. The van der Waals surface area contributed by atoms with E-state index in [1.165, 1.54) is 0 Å². The summed E-state index contributed by atoms with van der Waals surface area (Å²) in [4.78, 5) is 22.3. The number of benzene rings is 2. The predicted molar refractivity (Wildman–Crippen MR) is 123 cm³/mol. The van der Waals surface area contributed by atoms with E-state index >= 15 is 0 Å². The maximum absolute atomic E-state index is 13.6. The van der Waals surface area contributed by atoms with Crippen molar-refractivity contribution in [2.24, 2.45) is 0 Å². The highest BCUT2D eigenvalue weighted by atomic mass is 35.5. The van der Waals surface area contributed by atoms with Crippen molar-refractivity contribution < 1.29 is 4.79 Å². The Kier molecular flexibility index (Phi) is 5.00. The van der Waals surface area contributed by atoms with Crippen LogP contribution < -0.4 is 5.32 Å².